The van der Waals surface area contributed by atoms with Crippen LogP contribution in [-0.4, -0.2) is 50.0 Å². The van der Waals surface area contributed by atoms with Crippen molar-refractivity contribution in [2.75, 3.05) is 17.1 Å². The van der Waals surface area contributed by atoms with Crippen molar-refractivity contribution in [2.24, 2.45) is 0 Å². The predicted molar refractivity (Wildman–Crippen MR) is 142 cm³/mol. The van der Waals surface area contributed by atoms with Crippen LogP contribution in [0.4, 0.5) is 5.69 Å². The normalized spacial score (nSPS) is 12.3. The number of halogens is 2. The maximum Gasteiger partial charge on any atom is 0.243 e. The average Bonchev–Trinajstić information content (AvgIpc) is 2.77. The van der Waals surface area contributed by atoms with E-state index >= 15 is 0 Å². The largest absolute Gasteiger partial charge is 0.352 e. The Morgan fingerprint density at radius 2 is 1.71 bits per heavy atom. The number of nitrogens with one attached hydrogen (secondary N) is 1. The summed E-state index contributed by atoms with van der Waals surface area (Å²) in [7, 11) is -3.67. The van der Waals surface area contributed by atoms with Crippen LogP contribution in [0.5, 0.6) is 0 Å². The van der Waals surface area contributed by atoms with Gasteiger partial charge in [0.05, 0.1) is 17.0 Å². The first-order valence-corrected chi connectivity index (χ1v) is 14.1. The van der Waals surface area contributed by atoms with E-state index in [1.807, 2.05) is 51.1 Å². The van der Waals surface area contributed by atoms with Gasteiger partial charge in [-0.05, 0) is 50.5 Å². The van der Waals surface area contributed by atoms with E-state index in [4.69, 9.17) is 23.2 Å². The maximum atomic E-state index is 13.4. The molecule has 2 aromatic carbocycles. The molecule has 2 aromatic rings. The lowest BCUT2D eigenvalue weighted by atomic mass is 10.1. The van der Waals surface area contributed by atoms with Crippen molar-refractivity contribution < 1.29 is 18.0 Å². The zero-order chi connectivity index (χ0) is 26.2. The number of anilines is 1. The molecule has 2 rings (SSSR count). The highest BCUT2D eigenvalue weighted by molar-refractivity contribution is 7.92. The highest BCUT2D eigenvalue weighted by Gasteiger charge is 2.29. The van der Waals surface area contributed by atoms with Crippen molar-refractivity contribution in [3.05, 3.63) is 64.1 Å². The van der Waals surface area contributed by atoms with Crippen molar-refractivity contribution in [1.29, 1.82) is 0 Å². The summed E-state index contributed by atoms with van der Waals surface area (Å²) in [6.07, 6.45) is 1.83. The van der Waals surface area contributed by atoms with Gasteiger partial charge in [0.2, 0.25) is 21.8 Å². The van der Waals surface area contributed by atoms with Gasteiger partial charge in [0.15, 0.2) is 0 Å². The molecule has 0 aromatic heterocycles. The van der Waals surface area contributed by atoms with Gasteiger partial charge in [-0.2, -0.15) is 0 Å². The molecule has 0 bridgehead atoms. The summed E-state index contributed by atoms with van der Waals surface area (Å²) in [5, 5.41) is 3.49. The zero-order valence-corrected chi connectivity index (χ0v) is 22.8. The second kappa shape index (κ2) is 13.1. The minimum Gasteiger partial charge on any atom is -0.352 e. The quantitative estimate of drug-likeness (QED) is 0.415. The smallest absolute Gasteiger partial charge is 0.243 e. The number of hydrogen-bond donors (Lipinski definition) is 1. The Labute approximate surface area is 218 Å². The average molecular weight is 543 g/mol. The minimum absolute atomic E-state index is 0.0405. The molecule has 0 heterocycles. The van der Waals surface area contributed by atoms with Crippen molar-refractivity contribution in [3.8, 4) is 0 Å². The van der Waals surface area contributed by atoms with Gasteiger partial charge in [-0.3, -0.25) is 13.9 Å². The molecule has 0 aliphatic rings. The van der Waals surface area contributed by atoms with Crippen LogP contribution in [0.15, 0.2) is 48.5 Å². The zero-order valence-electron chi connectivity index (χ0n) is 20.5. The summed E-state index contributed by atoms with van der Waals surface area (Å²) in [6.45, 7) is 5.92. The monoisotopic (exact) mass is 541 g/mol. The summed E-state index contributed by atoms with van der Waals surface area (Å²) < 4.78 is 26.1. The maximum absolute atomic E-state index is 13.4. The van der Waals surface area contributed by atoms with Gasteiger partial charge in [0, 0.05) is 30.6 Å². The first-order chi connectivity index (χ1) is 16.4. The van der Waals surface area contributed by atoms with E-state index in [0.29, 0.717) is 11.4 Å². The molecule has 0 aliphatic carbocycles. The Balaban J connectivity index is 2.22. The van der Waals surface area contributed by atoms with Gasteiger partial charge < -0.3 is 10.2 Å². The SMILES string of the molecule is CC[C@@H](C(=O)NC(C)C)N(Cc1ccccc1)C(=O)CCCN(c1cc(Cl)ccc1Cl)S(C)(=O)=O. The van der Waals surface area contributed by atoms with E-state index in [1.165, 1.54) is 12.1 Å². The van der Waals surface area contributed by atoms with Crippen LogP contribution in [0.25, 0.3) is 0 Å². The van der Waals surface area contributed by atoms with Gasteiger partial charge in [-0.1, -0.05) is 60.5 Å². The first kappa shape index (κ1) is 28.9. The topological polar surface area (TPSA) is 86.8 Å². The third-order valence-electron chi connectivity index (χ3n) is 5.34. The molecule has 0 fully saturated rings. The highest BCUT2D eigenvalue weighted by atomic mass is 35.5. The molecular formula is C25H33Cl2N3O4S. The molecular weight excluding hydrogens is 509 g/mol. The Bertz CT molecular complexity index is 1110. The van der Waals surface area contributed by atoms with Gasteiger partial charge in [0.1, 0.15) is 6.04 Å². The Hall–Kier alpha value is -2.29. The number of sulfonamides is 1. The van der Waals surface area contributed by atoms with Crippen LogP contribution < -0.4 is 9.62 Å². The van der Waals surface area contributed by atoms with E-state index < -0.39 is 16.1 Å². The molecule has 10 heteroatoms. The Kier molecular flexibility index (Phi) is 10.9. The van der Waals surface area contributed by atoms with E-state index in [0.717, 1.165) is 16.1 Å². The highest BCUT2D eigenvalue weighted by Crippen LogP contribution is 2.31. The Morgan fingerprint density at radius 3 is 2.29 bits per heavy atom. The van der Waals surface area contributed by atoms with Crippen LogP contribution >= 0.6 is 23.2 Å². The molecule has 7 nitrogen and oxygen atoms in total. The van der Waals surface area contributed by atoms with E-state index in [1.54, 1.807) is 11.0 Å². The summed E-state index contributed by atoms with van der Waals surface area (Å²) in [4.78, 5) is 27.8. The first-order valence-electron chi connectivity index (χ1n) is 11.5. The third kappa shape index (κ3) is 8.70. The molecule has 2 amide bonds. The molecule has 0 radical (unpaired) electrons. The number of nitrogens with zero attached hydrogens (tertiary/aromatic N) is 2. The second-order valence-electron chi connectivity index (χ2n) is 8.63. The Morgan fingerprint density at radius 1 is 1.06 bits per heavy atom. The van der Waals surface area contributed by atoms with Gasteiger partial charge in [0.25, 0.3) is 0 Å². The van der Waals surface area contributed by atoms with Crippen molar-refractivity contribution >= 4 is 50.7 Å². The summed E-state index contributed by atoms with van der Waals surface area (Å²) in [6, 6.07) is 13.3. The molecule has 0 saturated heterocycles. The standard InChI is InChI=1S/C25H33Cl2N3O4S/c1-5-22(25(32)28-18(2)3)29(17-19-10-7-6-8-11-19)24(31)12-9-15-30(35(4,33)34)23-16-20(26)13-14-21(23)27/h6-8,10-11,13-14,16,18,22H,5,9,12,15,17H2,1-4H3,(H,28,32)/t22-/m0/s1. The third-order valence-corrected chi connectivity index (χ3v) is 7.08. The van der Waals surface area contributed by atoms with Gasteiger partial charge in [-0.25, -0.2) is 8.42 Å². The molecule has 1 N–H and O–H groups in total. The van der Waals surface area contributed by atoms with Crippen LogP contribution in [0.1, 0.15) is 45.6 Å². The fraction of sp³-hybridized carbons (Fsp3) is 0.440. The summed E-state index contributed by atoms with van der Waals surface area (Å²) in [5.74, 6) is -0.444. The van der Waals surface area contributed by atoms with Crippen LogP contribution in [0, 0.1) is 0 Å². The molecule has 35 heavy (non-hydrogen) atoms. The van der Waals surface area contributed by atoms with E-state index in [-0.39, 0.29) is 54.5 Å². The number of rotatable bonds is 12. The lowest BCUT2D eigenvalue weighted by Crippen LogP contribution is -2.50. The number of carbonyl (C=O) groups is 2. The van der Waals surface area contributed by atoms with Crippen molar-refractivity contribution in [3.63, 3.8) is 0 Å². The fourth-order valence-corrected chi connectivity index (χ4v) is 5.14. The number of carbonyl (C=O) groups excluding carboxylic acids is 2. The fourth-order valence-electron chi connectivity index (χ4n) is 3.74. The van der Waals surface area contributed by atoms with Crippen molar-refractivity contribution in [2.45, 2.75) is 58.7 Å². The summed E-state index contributed by atoms with van der Waals surface area (Å²) >= 11 is 12.3. The molecule has 0 aliphatic heterocycles. The number of amides is 2. The van der Waals surface area contributed by atoms with E-state index in [9.17, 15) is 18.0 Å². The summed E-state index contributed by atoms with van der Waals surface area (Å²) in [5.41, 5.74) is 1.16. The van der Waals surface area contributed by atoms with Gasteiger partial charge >= 0.3 is 0 Å². The molecule has 0 spiro atoms. The predicted octanol–water partition coefficient (Wildman–Crippen LogP) is 4.87. The number of hydrogen-bond acceptors (Lipinski definition) is 4. The van der Waals surface area contributed by atoms with Gasteiger partial charge in [-0.15, -0.1) is 0 Å². The minimum atomic E-state index is -3.67. The number of benzene rings is 2. The second-order valence-corrected chi connectivity index (χ2v) is 11.4. The van der Waals surface area contributed by atoms with Crippen LogP contribution in [-0.2, 0) is 26.2 Å². The molecule has 192 valence electrons. The molecule has 0 unspecified atom stereocenters. The van der Waals surface area contributed by atoms with Crippen LogP contribution in [0.2, 0.25) is 10.0 Å². The lowest BCUT2D eigenvalue weighted by Gasteiger charge is -2.31. The molecule has 1 atom stereocenters. The lowest BCUT2D eigenvalue weighted by molar-refractivity contribution is -0.141. The van der Waals surface area contributed by atoms with E-state index in [2.05, 4.69) is 5.32 Å². The molecule has 0 saturated carbocycles. The van der Waals surface area contributed by atoms with Crippen molar-refractivity contribution in [1.82, 2.24) is 10.2 Å². The van der Waals surface area contributed by atoms with Crippen LogP contribution in [0.3, 0.4) is 0 Å².